The van der Waals surface area contributed by atoms with E-state index in [2.05, 4.69) is 4.98 Å². The number of thiazole rings is 1. The number of halogens is 2. The lowest BCUT2D eigenvalue weighted by Crippen LogP contribution is -2.50. The smallest absolute Gasteiger partial charge is 0.273 e. The first-order valence-corrected chi connectivity index (χ1v) is 11.0. The molecule has 1 saturated heterocycles. The van der Waals surface area contributed by atoms with E-state index < -0.39 is 11.6 Å². The van der Waals surface area contributed by atoms with Gasteiger partial charge in [-0.2, -0.15) is 0 Å². The Morgan fingerprint density at radius 2 is 1.72 bits per heavy atom. The van der Waals surface area contributed by atoms with E-state index in [0.717, 1.165) is 11.6 Å². The van der Waals surface area contributed by atoms with Crippen LogP contribution in [-0.2, 0) is 11.4 Å². The molecule has 4 rings (SSSR count). The monoisotopic (exact) mass is 457 g/mol. The molecule has 1 aromatic heterocycles. The summed E-state index contributed by atoms with van der Waals surface area (Å²) in [4.78, 5) is 32.1. The molecule has 0 atom stereocenters. The van der Waals surface area contributed by atoms with Gasteiger partial charge in [-0.15, -0.1) is 11.3 Å². The molecule has 0 saturated carbocycles. The first kappa shape index (κ1) is 21.9. The van der Waals surface area contributed by atoms with Crippen LogP contribution in [0.25, 0.3) is 10.6 Å². The standard InChI is InChI=1S/C23H21F2N3O3S/c1-15(29)27-8-10-28(11-9-27)23(30)21-14-32-22(26-21)16-3-6-19(7-4-16)31-13-17-2-5-18(24)12-20(17)25/h2-7,12,14H,8-11,13H2,1H3. The van der Waals surface area contributed by atoms with Crippen molar-refractivity contribution in [3.05, 3.63) is 70.7 Å². The maximum Gasteiger partial charge on any atom is 0.273 e. The number of carbonyl (C=O) groups excluding carboxylic acids is 2. The van der Waals surface area contributed by atoms with Crippen molar-refractivity contribution in [1.82, 2.24) is 14.8 Å². The van der Waals surface area contributed by atoms with Crippen LogP contribution in [0.3, 0.4) is 0 Å². The summed E-state index contributed by atoms with van der Waals surface area (Å²) in [6.07, 6.45) is 0. The van der Waals surface area contributed by atoms with Crippen molar-refractivity contribution in [2.75, 3.05) is 26.2 Å². The van der Waals surface area contributed by atoms with Gasteiger partial charge in [-0.1, -0.05) is 0 Å². The number of benzene rings is 2. The van der Waals surface area contributed by atoms with Crippen LogP contribution in [0.2, 0.25) is 0 Å². The van der Waals surface area contributed by atoms with E-state index in [-0.39, 0.29) is 24.0 Å². The second-order valence-corrected chi connectivity index (χ2v) is 8.24. The molecule has 0 aliphatic carbocycles. The number of amides is 2. The van der Waals surface area contributed by atoms with E-state index >= 15 is 0 Å². The number of rotatable bonds is 5. The minimum Gasteiger partial charge on any atom is -0.489 e. The molecule has 9 heteroatoms. The highest BCUT2D eigenvalue weighted by molar-refractivity contribution is 7.13. The lowest BCUT2D eigenvalue weighted by atomic mass is 10.2. The van der Waals surface area contributed by atoms with Gasteiger partial charge in [0.1, 0.15) is 34.7 Å². The largest absolute Gasteiger partial charge is 0.489 e. The fourth-order valence-electron chi connectivity index (χ4n) is 3.38. The van der Waals surface area contributed by atoms with Gasteiger partial charge in [0.05, 0.1) is 0 Å². The molecule has 3 aromatic rings. The molecule has 32 heavy (non-hydrogen) atoms. The molecule has 2 aromatic carbocycles. The van der Waals surface area contributed by atoms with Gasteiger partial charge >= 0.3 is 0 Å². The SMILES string of the molecule is CC(=O)N1CCN(C(=O)c2csc(-c3ccc(OCc4ccc(F)cc4F)cc3)n2)CC1. The third-order valence-corrected chi connectivity index (χ3v) is 6.14. The van der Waals surface area contributed by atoms with Gasteiger partial charge in [0.25, 0.3) is 5.91 Å². The molecule has 0 spiro atoms. The fourth-order valence-corrected chi connectivity index (χ4v) is 4.18. The maximum atomic E-state index is 13.7. The summed E-state index contributed by atoms with van der Waals surface area (Å²) in [6.45, 7) is 3.56. The number of aromatic nitrogens is 1. The van der Waals surface area contributed by atoms with Crippen LogP contribution in [0.1, 0.15) is 23.0 Å². The highest BCUT2D eigenvalue weighted by atomic mass is 32.1. The summed E-state index contributed by atoms with van der Waals surface area (Å²) < 4.78 is 32.3. The van der Waals surface area contributed by atoms with Crippen molar-refractivity contribution < 1.29 is 23.1 Å². The zero-order valence-electron chi connectivity index (χ0n) is 17.4. The summed E-state index contributed by atoms with van der Waals surface area (Å²) in [7, 11) is 0. The minimum atomic E-state index is -0.649. The molecule has 0 unspecified atom stereocenters. The van der Waals surface area contributed by atoms with Gasteiger partial charge in [0.2, 0.25) is 5.91 Å². The molecule has 2 amide bonds. The Balaban J connectivity index is 1.37. The first-order valence-electron chi connectivity index (χ1n) is 10.1. The number of ether oxygens (including phenoxy) is 1. The summed E-state index contributed by atoms with van der Waals surface area (Å²) in [6, 6.07) is 10.5. The summed E-state index contributed by atoms with van der Waals surface area (Å²) in [5, 5.41) is 2.43. The zero-order valence-corrected chi connectivity index (χ0v) is 18.2. The van der Waals surface area contributed by atoms with Crippen molar-refractivity contribution in [2.45, 2.75) is 13.5 Å². The van der Waals surface area contributed by atoms with Crippen molar-refractivity contribution in [3.63, 3.8) is 0 Å². The van der Waals surface area contributed by atoms with Crippen LogP contribution in [0, 0.1) is 11.6 Å². The molecule has 0 radical (unpaired) electrons. The van der Waals surface area contributed by atoms with Crippen LogP contribution in [0.5, 0.6) is 5.75 Å². The van der Waals surface area contributed by atoms with E-state index in [1.165, 1.54) is 30.4 Å². The Kier molecular flexibility index (Phi) is 6.45. The van der Waals surface area contributed by atoms with Crippen LogP contribution >= 0.6 is 11.3 Å². The van der Waals surface area contributed by atoms with Crippen LogP contribution in [-0.4, -0.2) is 52.8 Å². The van der Waals surface area contributed by atoms with Gasteiger partial charge in [0, 0.05) is 55.7 Å². The average Bonchev–Trinajstić information content (AvgIpc) is 3.29. The number of piperazine rings is 1. The molecular weight excluding hydrogens is 436 g/mol. The summed E-state index contributed by atoms with van der Waals surface area (Å²) in [5.41, 5.74) is 1.48. The molecule has 166 valence electrons. The molecule has 1 fully saturated rings. The molecule has 1 aliphatic heterocycles. The second kappa shape index (κ2) is 9.44. The molecule has 0 N–H and O–H groups in total. The van der Waals surface area contributed by atoms with Gasteiger partial charge in [-0.3, -0.25) is 9.59 Å². The van der Waals surface area contributed by atoms with Crippen molar-refractivity contribution in [1.29, 1.82) is 0 Å². The predicted octanol–water partition coefficient (Wildman–Crippen LogP) is 3.97. The van der Waals surface area contributed by atoms with Gasteiger partial charge < -0.3 is 14.5 Å². The zero-order chi connectivity index (χ0) is 22.7. The summed E-state index contributed by atoms with van der Waals surface area (Å²) in [5.74, 6) is -0.867. The van der Waals surface area contributed by atoms with Gasteiger partial charge in [-0.05, 0) is 36.4 Å². The number of hydrogen-bond donors (Lipinski definition) is 0. The average molecular weight is 458 g/mol. The predicted molar refractivity (Wildman–Crippen MR) is 116 cm³/mol. The molecule has 6 nitrogen and oxygen atoms in total. The Morgan fingerprint density at radius 1 is 1.03 bits per heavy atom. The number of carbonyl (C=O) groups is 2. The van der Waals surface area contributed by atoms with Crippen LogP contribution in [0.15, 0.2) is 47.8 Å². The molecule has 0 bridgehead atoms. The quantitative estimate of drug-likeness (QED) is 0.582. The lowest BCUT2D eigenvalue weighted by molar-refractivity contribution is -0.130. The number of nitrogens with zero attached hydrogens (tertiary/aromatic N) is 3. The highest BCUT2D eigenvalue weighted by Crippen LogP contribution is 2.27. The van der Waals surface area contributed by atoms with E-state index in [1.54, 1.807) is 27.3 Å². The van der Waals surface area contributed by atoms with Gasteiger partial charge in [-0.25, -0.2) is 13.8 Å². The molecule has 2 heterocycles. The highest BCUT2D eigenvalue weighted by Gasteiger charge is 2.25. The Hall–Kier alpha value is -3.33. The van der Waals surface area contributed by atoms with Gasteiger partial charge in [0.15, 0.2) is 0 Å². The van der Waals surface area contributed by atoms with Crippen molar-refractivity contribution in [2.24, 2.45) is 0 Å². The van der Waals surface area contributed by atoms with Crippen LogP contribution in [0.4, 0.5) is 8.78 Å². The third kappa shape index (κ3) is 4.94. The van der Waals surface area contributed by atoms with Crippen LogP contribution < -0.4 is 4.74 Å². The Bertz CT molecular complexity index is 1130. The second-order valence-electron chi connectivity index (χ2n) is 7.38. The molecule has 1 aliphatic rings. The van der Waals surface area contributed by atoms with E-state index in [0.29, 0.717) is 42.6 Å². The van der Waals surface area contributed by atoms with E-state index in [1.807, 2.05) is 12.1 Å². The normalized spacial score (nSPS) is 13.8. The Labute approximate surface area is 188 Å². The van der Waals surface area contributed by atoms with Crippen molar-refractivity contribution in [3.8, 4) is 16.3 Å². The minimum absolute atomic E-state index is 0.0156. The van der Waals surface area contributed by atoms with E-state index in [4.69, 9.17) is 4.74 Å². The fraction of sp³-hybridized carbons (Fsp3) is 0.261. The molecular formula is C23H21F2N3O3S. The topological polar surface area (TPSA) is 62.7 Å². The number of hydrogen-bond acceptors (Lipinski definition) is 5. The lowest BCUT2D eigenvalue weighted by Gasteiger charge is -2.33. The first-order chi connectivity index (χ1) is 15.4. The Morgan fingerprint density at radius 3 is 2.38 bits per heavy atom. The summed E-state index contributed by atoms with van der Waals surface area (Å²) >= 11 is 1.37. The maximum absolute atomic E-state index is 13.7. The van der Waals surface area contributed by atoms with Crippen molar-refractivity contribution >= 4 is 23.2 Å². The van der Waals surface area contributed by atoms with E-state index in [9.17, 15) is 18.4 Å². The third-order valence-electron chi connectivity index (χ3n) is 5.25.